The van der Waals surface area contributed by atoms with E-state index in [0.29, 0.717) is 30.7 Å². The summed E-state index contributed by atoms with van der Waals surface area (Å²) in [5.74, 6) is 0.754. The van der Waals surface area contributed by atoms with Crippen LogP contribution in [0.2, 0.25) is 0 Å². The Morgan fingerprint density at radius 3 is 2.76 bits per heavy atom. The number of rotatable bonds is 11. The highest BCUT2D eigenvalue weighted by atomic mass is 32.2. The first-order valence-corrected chi connectivity index (χ1v) is 12.9. The Bertz CT molecular complexity index is 1140. The third-order valence-electron chi connectivity index (χ3n) is 6.28. The van der Waals surface area contributed by atoms with Crippen LogP contribution < -0.4 is 14.8 Å². The molecule has 0 spiro atoms. The van der Waals surface area contributed by atoms with E-state index in [4.69, 9.17) is 9.47 Å². The number of aliphatic hydroxyl groups is 1. The summed E-state index contributed by atoms with van der Waals surface area (Å²) in [6, 6.07) is 6.97. The molecule has 186 valence electrons. The molecule has 1 aliphatic carbocycles. The van der Waals surface area contributed by atoms with Crippen molar-refractivity contribution >= 4 is 21.4 Å². The van der Waals surface area contributed by atoms with E-state index >= 15 is 0 Å². The van der Waals surface area contributed by atoms with Crippen LogP contribution in [0, 0.1) is 11.7 Å². The summed E-state index contributed by atoms with van der Waals surface area (Å²) in [5, 5.41) is 13.6. The number of anilines is 2. The van der Waals surface area contributed by atoms with Crippen LogP contribution in [0.15, 0.2) is 35.2 Å². The molecule has 0 amide bonds. The molecular weight excluding hydrogens is 461 g/mol. The second-order valence-electron chi connectivity index (χ2n) is 9.13. The van der Waals surface area contributed by atoms with Crippen LogP contribution in [-0.4, -0.2) is 59.3 Å². The first kappa shape index (κ1) is 24.7. The SMILES string of the molecule is COC(O)c1c(NS(=O)(=O)c2ccc(F)cc2NCCCCN(C)C)ccc2c1OCC1CC21. The van der Waals surface area contributed by atoms with E-state index in [9.17, 15) is 17.9 Å². The molecule has 0 aromatic heterocycles. The molecule has 1 saturated carbocycles. The zero-order chi connectivity index (χ0) is 24.5. The molecule has 0 saturated heterocycles. The van der Waals surface area contributed by atoms with E-state index in [1.807, 2.05) is 20.2 Å². The zero-order valence-electron chi connectivity index (χ0n) is 19.7. The molecule has 3 atom stereocenters. The van der Waals surface area contributed by atoms with E-state index < -0.39 is 22.1 Å². The number of hydrogen-bond donors (Lipinski definition) is 3. The lowest BCUT2D eigenvalue weighted by atomic mass is 10.00. The van der Waals surface area contributed by atoms with Gasteiger partial charge in [0.2, 0.25) is 0 Å². The van der Waals surface area contributed by atoms with Gasteiger partial charge in [0.05, 0.1) is 23.5 Å². The van der Waals surface area contributed by atoms with Crippen molar-refractivity contribution in [3.05, 3.63) is 47.3 Å². The van der Waals surface area contributed by atoms with Crippen molar-refractivity contribution in [2.24, 2.45) is 5.92 Å². The fraction of sp³-hybridized carbons (Fsp3) is 0.500. The molecule has 4 rings (SSSR count). The third-order valence-corrected chi connectivity index (χ3v) is 7.71. The zero-order valence-corrected chi connectivity index (χ0v) is 20.5. The maximum atomic E-state index is 14.0. The smallest absolute Gasteiger partial charge is 0.263 e. The minimum absolute atomic E-state index is 0.0831. The van der Waals surface area contributed by atoms with Gasteiger partial charge < -0.3 is 24.8 Å². The molecule has 2 aromatic carbocycles. The van der Waals surface area contributed by atoms with E-state index in [0.717, 1.165) is 37.4 Å². The fourth-order valence-electron chi connectivity index (χ4n) is 4.38. The lowest BCUT2D eigenvalue weighted by Crippen LogP contribution is -2.20. The van der Waals surface area contributed by atoms with Gasteiger partial charge in [-0.05, 0) is 75.6 Å². The number of nitrogens with one attached hydrogen (secondary N) is 2. The van der Waals surface area contributed by atoms with E-state index in [2.05, 4.69) is 14.9 Å². The molecule has 34 heavy (non-hydrogen) atoms. The first-order chi connectivity index (χ1) is 16.2. The average molecular weight is 494 g/mol. The number of aliphatic hydroxyl groups excluding tert-OH is 1. The molecule has 3 unspecified atom stereocenters. The highest BCUT2D eigenvalue weighted by molar-refractivity contribution is 7.92. The van der Waals surface area contributed by atoms with Gasteiger partial charge in [-0.3, -0.25) is 4.72 Å². The summed E-state index contributed by atoms with van der Waals surface area (Å²) < 4.78 is 54.3. The van der Waals surface area contributed by atoms with Crippen LogP contribution >= 0.6 is 0 Å². The molecule has 0 radical (unpaired) electrons. The van der Waals surface area contributed by atoms with Gasteiger partial charge in [-0.25, -0.2) is 12.8 Å². The molecule has 3 N–H and O–H groups in total. The number of benzene rings is 2. The van der Waals surface area contributed by atoms with Crippen LogP contribution in [0.5, 0.6) is 5.75 Å². The number of methoxy groups -OCH3 is 1. The number of ether oxygens (including phenoxy) is 2. The average Bonchev–Trinajstić information content (AvgIpc) is 3.58. The molecule has 8 nitrogen and oxygen atoms in total. The summed E-state index contributed by atoms with van der Waals surface area (Å²) in [5.41, 5.74) is 1.54. The summed E-state index contributed by atoms with van der Waals surface area (Å²) >= 11 is 0. The van der Waals surface area contributed by atoms with E-state index in [-0.39, 0.29) is 21.8 Å². The van der Waals surface area contributed by atoms with Crippen molar-refractivity contribution in [3.63, 3.8) is 0 Å². The minimum atomic E-state index is -4.12. The maximum Gasteiger partial charge on any atom is 0.263 e. The monoisotopic (exact) mass is 493 g/mol. The van der Waals surface area contributed by atoms with Crippen LogP contribution in [0.1, 0.15) is 42.6 Å². The van der Waals surface area contributed by atoms with Gasteiger partial charge in [0.25, 0.3) is 10.0 Å². The van der Waals surface area contributed by atoms with Crippen molar-refractivity contribution in [2.75, 3.05) is 50.9 Å². The van der Waals surface area contributed by atoms with Crippen molar-refractivity contribution in [1.29, 1.82) is 0 Å². The largest absolute Gasteiger partial charge is 0.492 e. The van der Waals surface area contributed by atoms with Crippen LogP contribution in [0.4, 0.5) is 15.8 Å². The van der Waals surface area contributed by atoms with Gasteiger partial charge in [-0.1, -0.05) is 6.07 Å². The van der Waals surface area contributed by atoms with Gasteiger partial charge in [0.1, 0.15) is 16.5 Å². The number of nitrogens with zero attached hydrogens (tertiary/aromatic N) is 1. The number of unbranched alkanes of at least 4 members (excludes halogenated alkanes) is 1. The molecule has 10 heteroatoms. The lowest BCUT2D eigenvalue weighted by Gasteiger charge is -2.25. The Morgan fingerprint density at radius 1 is 1.24 bits per heavy atom. The molecule has 2 aromatic rings. The Hall–Kier alpha value is -2.40. The highest BCUT2D eigenvalue weighted by Gasteiger charge is 2.45. The van der Waals surface area contributed by atoms with Crippen LogP contribution in [-0.2, 0) is 14.8 Å². The van der Waals surface area contributed by atoms with Crippen LogP contribution in [0.3, 0.4) is 0 Å². The summed E-state index contributed by atoms with van der Waals surface area (Å²) in [7, 11) is 1.19. The Balaban J connectivity index is 1.60. The van der Waals surface area contributed by atoms with Gasteiger partial charge >= 0.3 is 0 Å². The van der Waals surface area contributed by atoms with Gasteiger partial charge in [0.15, 0.2) is 6.29 Å². The first-order valence-electron chi connectivity index (χ1n) is 11.4. The molecule has 2 aliphatic rings. The Labute approximate surface area is 200 Å². The van der Waals surface area contributed by atoms with Crippen molar-refractivity contribution in [2.45, 2.75) is 36.4 Å². The van der Waals surface area contributed by atoms with Gasteiger partial charge in [-0.2, -0.15) is 0 Å². The number of hydrogen-bond acceptors (Lipinski definition) is 7. The number of sulfonamides is 1. The fourth-order valence-corrected chi connectivity index (χ4v) is 5.62. The standard InChI is InChI=1S/C24H32FN3O5S/c1-28(2)11-5-4-10-26-20-13-16(25)6-9-21(20)34(30,31)27-19-8-7-17-18-12-15(18)14-33-23(17)22(19)24(29)32-3/h6-9,13,15,18,24,26-27,29H,4-5,10-12,14H2,1-3H3. The lowest BCUT2D eigenvalue weighted by molar-refractivity contribution is -0.0779. The Morgan fingerprint density at radius 2 is 2.03 bits per heavy atom. The molecule has 1 fully saturated rings. The second kappa shape index (κ2) is 10.1. The number of halogens is 1. The van der Waals surface area contributed by atoms with Crippen molar-refractivity contribution in [1.82, 2.24) is 4.90 Å². The predicted molar refractivity (Wildman–Crippen MR) is 128 cm³/mol. The number of fused-ring (bicyclic) bond motifs is 3. The van der Waals surface area contributed by atoms with E-state index in [1.54, 1.807) is 6.07 Å². The quantitative estimate of drug-likeness (QED) is 0.325. The molecule has 1 aliphatic heterocycles. The maximum absolute atomic E-state index is 14.0. The highest BCUT2D eigenvalue weighted by Crippen LogP contribution is 2.56. The Kier molecular flexibility index (Phi) is 7.32. The molecular formula is C24H32FN3O5S. The van der Waals surface area contributed by atoms with Gasteiger partial charge in [0, 0.05) is 19.6 Å². The minimum Gasteiger partial charge on any atom is -0.492 e. The second-order valence-corrected chi connectivity index (χ2v) is 10.8. The van der Waals surface area contributed by atoms with Crippen molar-refractivity contribution in [3.8, 4) is 5.75 Å². The predicted octanol–water partition coefficient (Wildman–Crippen LogP) is 3.51. The van der Waals surface area contributed by atoms with Crippen molar-refractivity contribution < 1.29 is 27.4 Å². The van der Waals surface area contributed by atoms with Gasteiger partial charge in [-0.15, -0.1) is 0 Å². The third kappa shape index (κ3) is 5.30. The normalized spacial score (nSPS) is 19.7. The van der Waals surface area contributed by atoms with Crippen LogP contribution in [0.25, 0.3) is 0 Å². The molecule has 0 bridgehead atoms. The topological polar surface area (TPSA) is 100 Å². The summed E-state index contributed by atoms with van der Waals surface area (Å²) in [6.45, 7) is 1.93. The van der Waals surface area contributed by atoms with E-state index in [1.165, 1.54) is 19.2 Å². The molecule has 1 heterocycles. The summed E-state index contributed by atoms with van der Waals surface area (Å²) in [4.78, 5) is 1.99. The summed E-state index contributed by atoms with van der Waals surface area (Å²) in [6.07, 6.45) is 1.37.